The summed E-state index contributed by atoms with van der Waals surface area (Å²) in [7, 11) is 0. The monoisotopic (exact) mass is 464 g/mol. The van der Waals surface area contributed by atoms with E-state index in [4.69, 9.17) is 18.9 Å². The van der Waals surface area contributed by atoms with Crippen molar-refractivity contribution >= 4 is 0 Å². The average Bonchev–Trinajstić information content (AvgIpc) is 2.75. The van der Waals surface area contributed by atoms with Gasteiger partial charge >= 0.3 is 0 Å². The van der Waals surface area contributed by atoms with Crippen LogP contribution in [-0.2, 0) is 18.9 Å². The Kier molecular flexibility index (Phi) is 10.6. The lowest BCUT2D eigenvalue weighted by Gasteiger charge is -2.41. The zero-order valence-corrected chi connectivity index (χ0v) is 18.5. The van der Waals surface area contributed by atoms with Gasteiger partial charge in [-0.1, -0.05) is 17.7 Å². The highest BCUT2D eigenvalue weighted by Gasteiger charge is 2.45. The largest absolute Gasteiger partial charge is 0.388 e. The minimum absolute atomic E-state index is 0.0234. The molecule has 11 heteroatoms. The minimum atomic E-state index is -1.58. The molecule has 2 fully saturated rings. The van der Waals surface area contributed by atoms with Gasteiger partial charge in [-0.2, -0.15) is 0 Å². The maximum atomic E-state index is 10.2. The van der Waals surface area contributed by atoms with Crippen molar-refractivity contribution in [2.75, 3.05) is 19.8 Å². The van der Waals surface area contributed by atoms with Gasteiger partial charge in [0.15, 0.2) is 12.6 Å². The molecule has 2 saturated heterocycles. The Balaban J connectivity index is 1.89. The van der Waals surface area contributed by atoms with Crippen LogP contribution in [0.5, 0.6) is 0 Å². The van der Waals surface area contributed by atoms with E-state index in [1.807, 2.05) is 19.9 Å². The van der Waals surface area contributed by atoms with Crippen molar-refractivity contribution in [2.24, 2.45) is 0 Å². The first kappa shape index (κ1) is 27.3. The maximum Gasteiger partial charge on any atom is 0.187 e. The molecule has 0 radical (unpaired) electrons. The first-order valence-electron chi connectivity index (χ1n) is 10.6. The van der Waals surface area contributed by atoms with E-state index >= 15 is 0 Å². The third kappa shape index (κ3) is 7.27. The van der Waals surface area contributed by atoms with Crippen LogP contribution in [0.1, 0.15) is 27.2 Å². The molecule has 2 heterocycles. The zero-order valence-electron chi connectivity index (χ0n) is 18.5. The molecule has 0 spiro atoms. The molecular formula is C21H36O11. The van der Waals surface area contributed by atoms with E-state index < -0.39 is 61.4 Å². The number of ether oxygens (including phenoxy) is 4. The van der Waals surface area contributed by atoms with Crippen LogP contribution >= 0.6 is 0 Å². The van der Waals surface area contributed by atoms with Crippen LogP contribution in [0, 0.1) is 0 Å². The SMILES string of the molecule is CC(C)=CCC(O)C(C)=CCOC1OC(COC2OCC(O)C(O)C2O)C(O)C(O)C1O. The number of aliphatic hydroxyl groups excluding tert-OH is 7. The Bertz CT molecular complexity index is 635. The van der Waals surface area contributed by atoms with Gasteiger partial charge in [-0.25, -0.2) is 0 Å². The van der Waals surface area contributed by atoms with Crippen LogP contribution in [0.2, 0.25) is 0 Å². The van der Waals surface area contributed by atoms with Crippen molar-refractivity contribution in [1.82, 2.24) is 0 Å². The molecule has 0 aromatic heterocycles. The molecule has 11 nitrogen and oxygen atoms in total. The summed E-state index contributed by atoms with van der Waals surface area (Å²) in [5.74, 6) is 0. The maximum absolute atomic E-state index is 10.2. The fourth-order valence-electron chi connectivity index (χ4n) is 3.25. The van der Waals surface area contributed by atoms with Gasteiger partial charge in [0.2, 0.25) is 0 Å². The highest BCUT2D eigenvalue weighted by molar-refractivity contribution is 5.08. The molecule has 186 valence electrons. The predicted molar refractivity (Wildman–Crippen MR) is 110 cm³/mol. The molecular weight excluding hydrogens is 428 g/mol. The fourth-order valence-corrected chi connectivity index (χ4v) is 3.25. The van der Waals surface area contributed by atoms with Crippen LogP contribution in [-0.4, -0.2) is 117 Å². The second-order valence-electron chi connectivity index (χ2n) is 8.41. The molecule has 2 aliphatic rings. The fraction of sp³-hybridized carbons (Fsp3) is 0.810. The molecule has 10 atom stereocenters. The quantitative estimate of drug-likeness (QED) is 0.186. The first-order valence-corrected chi connectivity index (χ1v) is 10.6. The van der Waals surface area contributed by atoms with E-state index in [1.165, 1.54) is 0 Å². The van der Waals surface area contributed by atoms with Crippen LogP contribution in [0.15, 0.2) is 23.3 Å². The van der Waals surface area contributed by atoms with Gasteiger partial charge in [0, 0.05) is 0 Å². The Hall–Kier alpha value is -0.960. The van der Waals surface area contributed by atoms with Gasteiger partial charge in [-0.3, -0.25) is 0 Å². The molecule has 32 heavy (non-hydrogen) atoms. The molecule has 0 aliphatic carbocycles. The van der Waals surface area contributed by atoms with Crippen molar-refractivity contribution in [3.05, 3.63) is 23.3 Å². The van der Waals surface area contributed by atoms with E-state index in [1.54, 1.807) is 13.0 Å². The van der Waals surface area contributed by atoms with E-state index in [0.29, 0.717) is 12.0 Å². The number of aliphatic hydroxyl groups is 7. The lowest BCUT2D eigenvalue weighted by Crippen LogP contribution is -2.60. The average molecular weight is 465 g/mol. The van der Waals surface area contributed by atoms with E-state index in [9.17, 15) is 35.7 Å². The summed E-state index contributed by atoms with van der Waals surface area (Å²) in [6, 6.07) is 0. The van der Waals surface area contributed by atoms with Gasteiger partial charge < -0.3 is 54.7 Å². The molecule has 0 aromatic carbocycles. The summed E-state index contributed by atoms with van der Waals surface area (Å²) >= 11 is 0. The summed E-state index contributed by atoms with van der Waals surface area (Å²) in [6.07, 6.45) is -9.25. The Labute approximate surface area is 187 Å². The van der Waals surface area contributed by atoms with Gasteiger partial charge in [0.25, 0.3) is 0 Å². The lowest BCUT2D eigenvalue weighted by atomic mass is 9.99. The van der Waals surface area contributed by atoms with Crippen LogP contribution in [0.4, 0.5) is 0 Å². The van der Waals surface area contributed by atoms with Gasteiger partial charge in [-0.05, 0) is 32.8 Å². The summed E-state index contributed by atoms with van der Waals surface area (Å²) in [4.78, 5) is 0. The summed E-state index contributed by atoms with van der Waals surface area (Å²) in [5, 5.41) is 69.7. The van der Waals surface area contributed by atoms with Gasteiger partial charge in [0.1, 0.15) is 42.7 Å². The zero-order chi connectivity index (χ0) is 24.0. The third-order valence-corrected chi connectivity index (χ3v) is 5.49. The topological polar surface area (TPSA) is 179 Å². The van der Waals surface area contributed by atoms with Crippen molar-refractivity contribution < 1.29 is 54.7 Å². The van der Waals surface area contributed by atoms with Crippen molar-refractivity contribution in [3.8, 4) is 0 Å². The van der Waals surface area contributed by atoms with Gasteiger partial charge in [0.05, 0.1) is 25.9 Å². The van der Waals surface area contributed by atoms with E-state index in [-0.39, 0.29) is 19.8 Å². The lowest BCUT2D eigenvalue weighted by molar-refractivity contribution is -0.319. The second kappa shape index (κ2) is 12.5. The minimum Gasteiger partial charge on any atom is -0.388 e. The normalized spacial score (nSPS) is 39.6. The molecule has 7 N–H and O–H groups in total. The Morgan fingerprint density at radius 2 is 1.53 bits per heavy atom. The molecule has 0 saturated carbocycles. The molecule has 10 unspecified atom stereocenters. The van der Waals surface area contributed by atoms with E-state index in [2.05, 4.69) is 0 Å². The number of rotatable bonds is 9. The standard InChI is InChI=1S/C21H36O11/c1-10(2)4-5-12(22)11(3)6-7-29-21-19(28)17(26)16(25)14(32-21)9-31-20-18(27)15(24)13(23)8-30-20/h4,6,12-28H,5,7-9H2,1-3H3. The van der Waals surface area contributed by atoms with E-state index in [0.717, 1.165) is 5.57 Å². The molecule has 2 aliphatic heterocycles. The smallest absolute Gasteiger partial charge is 0.187 e. The van der Waals surface area contributed by atoms with Crippen molar-refractivity contribution in [3.63, 3.8) is 0 Å². The number of allylic oxidation sites excluding steroid dienone is 1. The second-order valence-corrected chi connectivity index (χ2v) is 8.41. The van der Waals surface area contributed by atoms with Crippen LogP contribution < -0.4 is 0 Å². The number of hydrogen-bond acceptors (Lipinski definition) is 11. The number of hydrogen-bond donors (Lipinski definition) is 7. The summed E-state index contributed by atoms with van der Waals surface area (Å²) < 4.78 is 21.5. The van der Waals surface area contributed by atoms with Crippen molar-refractivity contribution in [1.29, 1.82) is 0 Å². The summed E-state index contributed by atoms with van der Waals surface area (Å²) in [6.45, 7) is 4.97. The Morgan fingerprint density at radius 1 is 0.875 bits per heavy atom. The molecule has 0 aromatic rings. The highest BCUT2D eigenvalue weighted by atomic mass is 16.7. The van der Waals surface area contributed by atoms with Crippen LogP contribution in [0.3, 0.4) is 0 Å². The highest BCUT2D eigenvalue weighted by Crippen LogP contribution is 2.24. The Morgan fingerprint density at radius 3 is 2.19 bits per heavy atom. The van der Waals surface area contributed by atoms with Crippen molar-refractivity contribution in [2.45, 2.75) is 88.6 Å². The molecule has 0 amide bonds. The third-order valence-electron chi connectivity index (χ3n) is 5.49. The predicted octanol–water partition coefficient (Wildman–Crippen LogP) is -2.07. The molecule has 2 rings (SSSR count). The van der Waals surface area contributed by atoms with Crippen LogP contribution in [0.25, 0.3) is 0 Å². The first-order chi connectivity index (χ1) is 15.0. The van der Waals surface area contributed by atoms with Gasteiger partial charge in [-0.15, -0.1) is 0 Å². The summed E-state index contributed by atoms with van der Waals surface area (Å²) in [5.41, 5.74) is 1.75. The molecule has 0 bridgehead atoms.